The first kappa shape index (κ1) is 16.6. The number of nitrogens with one attached hydrogen (secondary N) is 1. The molecule has 7 heteroatoms. The first-order chi connectivity index (χ1) is 12.0. The van der Waals surface area contributed by atoms with Crippen LogP contribution in [0.15, 0.2) is 59.7 Å². The average Bonchev–Trinajstić information content (AvgIpc) is 3.01. The lowest BCUT2D eigenvalue weighted by molar-refractivity contribution is -0.116. The molecular weight excluding hydrogens is 323 g/mol. The van der Waals surface area contributed by atoms with Crippen molar-refractivity contribution in [2.45, 2.75) is 20.0 Å². The van der Waals surface area contributed by atoms with Crippen LogP contribution in [0.4, 0.5) is 10.2 Å². The van der Waals surface area contributed by atoms with Crippen LogP contribution < -0.4 is 10.9 Å². The van der Waals surface area contributed by atoms with E-state index in [-0.39, 0.29) is 23.8 Å². The van der Waals surface area contributed by atoms with Crippen molar-refractivity contribution >= 4 is 11.7 Å². The molecule has 25 heavy (non-hydrogen) atoms. The number of aromatic nitrogens is 3. The summed E-state index contributed by atoms with van der Waals surface area (Å²) >= 11 is 0. The Hall–Kier alpha value is -3.22. The Morgan fingerprint density at radius 3 is 2.72 bits per heavy atom. The first-order valence-corrected chi connectivity index (χ1v) is 7.75. The summed E-state index contributed by atoms with van der Waals surface area (Å²) in [6.07, 6.45) is 3.14. The van der Waals surface area contributed by atoms with Gasteiger partial charge in [-0.3, -0.25) is 9.59 Å². The van der Waals surface area contributed by atoms with Crippen LogP contribution in [0.3, 0.4) is 0 Å². The molecule has 128 valence electrons. The number of benzene rings is 1. The molecule has 2 heterocycles. The smallest absolute Gasteiger partial charge is 0.253 e. The molecule has 3 rings (SSSR count). The molecule has 2 aromatic heterocycles. The number of halogens is 1. The summed E-state index contributed by atoms with van der Waals surface area (Å²) in [5, 5.41) is 6.91. The zero-order chi connectivity index (χ0) is 17.8. The number of amides is 1. The quantitative estimate of drug-likeness (QED) is 0.774. The largest absolute Gasteiger partial charge is 0.309 e. The minimum Gasteiger partial charge on any atom is -0.309 e. The molecular formula is C18H17FN4O2. The maximum Gasteiger partial charge on any atom is 0.253 e. The molecule has 0 aliphatic heterocycles. The number of anilines is 1. The molecule has 1 N–H and O–H groups in total. The Balaban J connectivity index is 1.70. The second-order valence-corrected chi connectivity index (χ2v) is 5.67. The van der Waals surface area contributed by atoms with Crippen LogP contribution in [-0.2, 0) is 17.9 Å². The van der Waals surface area contributed by atoms with Crippen molar-refractivity contribution in [3.63, 3.8) is 0 Å². The molecule has 1 amide bonds. The maximum atomic E-state index is 13.0. The zero-order valence-corrected chi connectivity index (χ0v) is 13.6. The lowest BCUT2D eigenvalue weighted by Gasteiger charge is -2.10. The Morgan fingerprint density at radius 2 is 1.96 bits per heavy atom. The monoisotopic (exact) mass is 340 g/mol. The van der Waals surface area contributed by atoms with E-state index in [2.05, 4.69) is 10.4 Å². The van der Waals surface area contributed by atoms with Crippen LogP contribution in [0.25, 0.3) is 0 Å². The summed E-state index contributed by atoms with van der Waals surface area (Å²) in [5.41, 5.74) is 1.24. The molecule has 6 nitrogen and oxygen atoms in total. The third-order valence-electron chi connectivity index (χ3n) is 3.75. The van der Waals surface area contributed by atoms with E-state index in [0.717, 1.165) is 5.56 Å². The summed E-state index contributed by atoms with van der Waals surface area (Å²) in [6.45, 7) is 2.02. The highest BCUT2D eigenvalue weighted by Crippen LogP contribution is 2.11. The van der Waals surface area contributed by atoms with Gasteiger partial charge < -0.3 is 9.88 Å². The lowest BCUT2D eigenvalue weighted by Crippen LogP contribution is -2.28. The summed E-state index contributed by atoms with van der Waals surface area (Å²) < 4.78 is 15.9. The van der Waals surface area contributed by atoms with Crippen molar-refractivity contribution in [3.05, 3.63) is 82.2 Å². The van der Waals surface area contributed by atoms with E-state index in [1.54, 1.807) is 54.3 Å². The van der Waals surface area contributed by atoms with Crippen LogP contribution in [0.5, 0.6) is 0 Å². The minimum atomic E-state index is -0.325. The number of rotatable bonds is 5. The van der Waals surface area contributed by atoms with Crippen molar-refractivity contribution in [1.82, 2.24) is 14.3 Å². The van der Waals surface area contributed by atoms with E-state index in [0.29, 0.717) is 17.9 Å². The fourth-order valence-corrected chi connectivity index (χ4v) is 2.45. The fourth-order valence-electron chi connectivity index (χ4n) is 2.45. The number of hydrogen-bond acceptors (Lipinski definition) is 3. The van der Waals surface area contributed by atoms with E-state index < -0.39 is 0 Å². The summed E-state index contributed by atoms with van der Waals surface area (Å²) in [7, 11) is 0. The van der Waals surface area contributed by atoms with Crippen molar-refractivity contribution in [3.8, 4) is 0 Å². The highest BCUT2D eigenvalue weighted by Gasteiger charge is 2.10. The maximum absolute atomic E-state index is 13.0. The third kappa shape index (κ3) is 4.00. The standard InChI is InChI=1S/C18H17FN4O2/c1-13-3-2-10-22(18(13)25)12-17(24)21-16-8-9-20-23(16)11-14-4-6-15(19)7-5-14/h2-10H,11-12H2,1H3,(H,21,24). The fraction of sp³-hybridized carbons (Fsp3) is 0.167. The van der Waals surface area contributed by atoms with E-state index in [9.17, 15) is 14.0 Å². The SMILES string of the molecule is Cc1cccn(CC(=O)Nc2ccnn2Cc2ccc(F)cc2)c1=O. The molecule has 0 radical (unpaired) electrons. The van der Waals surface area contributed by atoms with E-state index in [1.807, 2.05) is 0 Å². The molecule has 0 saturated carbocycles. The Bertz CT molecular complexity index is 944. The lowest BCUT2D eigenvalue weighted by atomic mass is 10.2. The van der Waals surface area contributed by atoms with E-state index in [1.165, 1.54) is 16.7 Å². The number of aryl methyl sites for hydroxylation is 1. The van der Waals surface area contributed by atoms with Crippen molar-refractivity contribution in [2.75, 3.05) is 5.32 Å². The number of hydrogen-bond donors (Lipinski definition) is 1. The number of pyridine rings is 1. The first-order valence-electron chi connectivity index (χ1n) is 7.75. The minimum absolute atomic E-state index is 0.0811. The molecule has 0 atom stereocenters. The molecule has 0 unspecified atom stereocenters. The van der Waals surface area contributed by atoms with E-state index >= 15 is 0 Å². The van der Waals surface area contributed by atoms with Crippen LogP contribution in [0.1, 0.15) is 11.1 Å². The van der Waals surface area contributed by atoms with E-state index in [4.69, 9.17) is 0 Å². The third-order valence-corrected chi connectivity index (χ3v) is 3.75. The summed E-state index contributed by atoms with van der Waals surface area (Å²) in [6, 6.07) is 11.2. The Kier molecular flexibility index (Phi) is 4.74. The number of carbonyl (C=O) groups excluding carboxylic acids is 1. The molecule has 0 aliphatic carbocycles. The second-order valence-electron chi connectivity index (χ2n) is 5.67. The van der Waals surface area contributed by atoms with Gasteiger partial charge in [0.1, 0.15) is 18.2 Å². The Morgan fingerprint density at radius 1 is 1.20 bits per heavy atom. The van der Waals surface area contributed by atoms with Crippen LogP contribution in [0, 0.1) is 12.7 Å². The second kappa shape index (κ2) is 7.12. The van der Waals surface area contributed by atoms with Gasteiger partial charge in [0.05, 0.1) is 12.7 Å². The molecule has 0 saturated heterocycles. The van der Waals surface area contributed by atoms with Gasteiger partial charge in [0.2, 0.25) is 5.91 Å². The highest BCUT2D eigenvalue weighted by molar-refractivity contribution is 5.89. The molecule has 0 aliphatic rings. The van der Waals surface area contributed by atoms with Gasteiger partial charge in [-0.2, -0.15) is 5.10 Å². The van der Waals surface area contributed by atoms with Gasteiger partial charge in [-0.25, -0.2) is 9.07 Å². The molecule has 3 aromatic rings. The zero-order valence-electron chi connectivity index (χ0n) is 13.6. The predicted molar refractivity (Wildman–Crippen MR) is 91.8 cm³/mol. The normalized spacial score (nSPS) is 10.6. The van der Waals surface area contributed by atoms with Gasteiger partial charge in [-0.15, -0.1) is 0 Å². The number of nitrogens with zero attached hydrogens (tertiary/aromatic N) is 3. The highest BCUT2D eigenvalue weighted by atomic mass is 19.1. The van der Waals surface area contributed by atoms with Crippen LogP contribution >= 0.6 is 0 Å². The van der Waals surface area contributed by atoms with Crippen LogP contribution in [0.2, 0.25) is 0 Å². The molecule has 0 bridgehead atoms. The average molecular weight is 340 g/mol. The van der Waals surface area contributed by atoms with Crippen molar-refractivity contribution in [2.24, 2.45) is 0 Å². The van der Waals surface area contributed by atoms with Gasteiger partial charge in [0.25, 0.3) is 5.56 Å². The van der Waals surface area contributed by atoms with Gasteiger partial charge in [-0.05, 0) is 30.7 Å². The van der Waals surface area contributed by atoms with Gasteiger partial charge >= 0.3 is 0 Å². The van der Waals surface area contributed by atoms with Crippen molar-refractivity contribution < 1.29 is 9.18 Å². The number of carbonyl (C=O) groups is 1. The predicted octanol–water partition coefficient (Wildman–Crippen LogP) is 2.18. The van der Waals surface area contributed by atoms with Gasteiger partial charge in [0.15, 0.2) is 0 Å². The molecule has 0 fully saturated rings. The van der Waals surface area contributed by atoms with Gasteiger partial charge in [-0.1, -0.05) is 18.2 Å². The topological polar surface area (TPSA) is 68.9 Å². The summed E-state index contributed by atoms with van der Waals surface area (Å²) in [5.74, 6) is -0.120. The summed E-state index contributed by atoms with van der Waals surface area (Å²) in [4.78, 5) is 24.2. The van der Waals surface area contributed by atoms with Crippen LogP contribution in [-0.4, -0.2) is 20.3 Å². The molecule has 1 aromatic carbocycles. The molecule has 0 spiro atoms. The Labute approximate surface area is 143 Å². The van der Waals surface area contributed by atoms with Gasteiger partial charge in [0, 0.05) is 17.8 Å². The van der Waals surface area contributed by atoms with Crippen molar-refractivity contribution in [1.29, 1.82) is 0 Å².